The Morgan fingerprint density at radius 1 is 0.740 bits per heavy atom. The van der Waals surface area contributed by atoms with Gasteiger partial charge in [0, 0.05) is 77.0 Å². The van der Waals surface area contributed by atoms with Crippen LogP contribution in [0.5, 0.6) is 0 Å². The van der Waals surface area contributed by atoms with Gasteiger partial charge in [-0.3, -0.25) is 19.2 Å². The SMILES string of the molecule is CN(C)C(=O)c1ccc(Nc2cc(B3OC(C)(C)C(C)(C)O3)cn(C)c2=O)nc1.CN(C)C(=O)c1ccc(Nc2cc(Br)cn(C)c2=O)nc1. The number of nitrogens with one attached hydrogen (secondary N) is 2. The molecule has 0 saturated carbocycles. The molecular weight excluding hydrogens is 707 g/mol. The van der Waals surface area contributed by atoms with Gasteiger partial charge in [0.2, 0.25) is 0 Å². The molecule has 2 amide bonds. The number of aromatic nitrogens is 4. The van der Waals surface area contributed by atoms with E-state index in [9.17, 15) is 19.2 Å². The third-order valence-electron chi connectivity index (χ3n) is 8.24. The van der Waals surface area contributed by atoms with Crippen molar-refractivity contribution in [2.45, 2.75) is 38.9 Å². The Kier molecular flexibility index (Phi) is 11.4. The summed E-state index contributed by atoms with van der Waals surface area (Å²) in [7, 11) is 9.48. The highest BCUT2D eigenvalue weighted by atomic mass is 79.9. The van der Waals surface area contributed by atoms with Gasteiger partial charge in [-0.25, -0.2) is 9.97 Å². The van der Waals surface area contributed by atoms with E-state index in [1.807, 2.05) is 27.7 Å². The first-order valence-corrected chi connectivity index (χ1v) is 16.4. The van der Waals surface area contributed by atoms with Crippen molar-refractivity contribution < 1.29 is 18.9 Å². The van der Waals surface area contributed by atoms with Crippen molar-refractivity contribution in [2.24, 2.45) is 14.1 Å². The largest absolute Gasteiger partial charge is 0.496 e. The number of nitrogens with zero attached hydrogens (tertiary/aromatic N) is 6. The van der Waals surface area contributed by atoms with Crippen LogP contribution in [-0.2, 0) is 23.4 Å². The van der Waals surface area contributed by atoms with Crippen LogP contribution in [0.3, 0.4) is 0 Å². The van der Waals surface area contributed by atoms with E-state index in [0.29, 0.717) is 34.1 Å². The molecule has 14 nitrogen and oxygen atoms in total. The van der Waals surface area contributed by atoms with Gasteiger partial charge in [0.15, 0.2) is 0 Å². The molecule has 1 aliphatic rings. The van der Waals surface area contributed by atoms with Crippen molar-refractivity contribution in [1.82, 2.24) is 28.9 Å². The average molecular weight is 749 g/mol. The lowest BCUT2D eigenvalue weighted by Crippen LogP contribution is -2.41. The summed E-state index contributed by atoms with van der Waals surface area (Å²) >= 11 is 3.34. The fourth-order valence-electron chi connectivity index (χ4n) is 4.68. The summed E-state index contributed by atoms with van der Waals surface area (Å²) in [6.45, 7) is 7.92. The average Bonchev–Trinajstić information content (AvgIpc) is 3.27. The molecule has 2 N–H and O–H groups in total. The van der Waals surface area contributed by atoms with Crippen LogP contribution in [0.25, 0.3) is 0 Å². The lowest BCUT2D eigenvalue weighted by atomic mass is 9.80. The van der Waals surface area contributed by atoms with Crippen molar-refractivity contribution in [3.63, 3.8) is 0 Å². The van der Waals surface area contributed by atoms with E-state index >= 15 is 0 Å². The van der Waals surface area contributed by atoms with Crippen molar-refractivity contribution in [3.8, 4) is 0 Å². The van der Waals surface area contributed by atoms with Crippen molar-refractivity contribution >= 4 is 63.3 Å². The molecule has 0 bridgehead atoms. The fourth-order valence-corrected chi connectivity index (χ4v) is 5.21. The number of hydrogen-bond acceptors (Lipinski definition) is 10. The number of halogens is 1. The van der Waals surface area contributed by atoms with Gasteiger partial charge >= 0.3 is 7.12 Å². The molecule has 4 aromatic rings. The highest BCUT2D eigenvalue weighted by molar-refractivity contribution is 9.10. The summed E-state index contributed by atoms with van der Waals surface area (Å²) in [5.74, 6) is 0.708. The summed E-state index contributed by atoms with van der Waals surface area (Å²) in [4.78, 5) is 59.7. The molecule has 4 aromatic heterocycles. The summed E-state index contributed by atoms with van der Waals surface area (Å²) in [5, 5.41) is 5.98. The Morgan fingerprint density at radius 3 is 1.56 bits per heavy atom. The van der Waals surface area contributed by atoms with E-state index in [2.05, 4.69) is 36.5 Å². The molecule has 5 rings (SSSR count). The van der Waals surface area contributed by atoms with Crippen molar-refractivity contribution in [2.75, 3.05) is 38.8 Å². The normalized spacial score (nSPS) is 14.3. The maximum atomic E-state index is 12.6. The predicted molar refractivity (Wildman–Crippen MR) is 198 cm³/mol. The summed E-state index contributed by atoms with van der Waals surface area (Å²) in [6.07, 6.45) is 6.35. The van der Waals surface area contributed by atoms with Gasteiger partial charge in [-0.15, -0.1) is 0 Å². The molecule has 50 heavy (non-hydrogen) atoms. The number of amides is 2. The number of carbonyl (C=O) groups is 2. The molecule has 16 heteroatoms. The van der Waals surface area contributed by atoms with E-state index in [-0.39, 0.29) is 22.9 Å². The molecule has 0 radical (unpaired) electrons. The van der Waals surface area contributed by atoms with E-state index in [1.54, 1.807) is 91.1 Å². The quantitative estimate of drug-likeness (QED) is 0.269. The zero-order valence-electron chi connectivity index (χ0n) is 29.9. The van der Waals surface area contributed by atoms with Crippen LogP contribution < -0.4 is 27.2 Å². The molecule has 0 aliphatic carbocycles. The monoisotopic (exact) mass is 748 g/mol. The van der Waals surface area contributed by atoms with Crippen LogP contribution in [0.4, 0.5) is 23.0 Å². The minimum absolute atomic E-state index is 0.118. The van der Waals surface area contributed by atoms with E-state index in [0.717, 1.165) is 9.94 Å². The first kappa shape index (κ1) is 38.0. The summed E-state index contributed by atoms with van der Waals surface area (Å²) < 4.78 is 15.9. The number of hydrogen-bond donors (Lipinski definition) is 2. The van der Waals surface area contributed by atoms with Crippen LogP contribution in [-0.4, -0.2) is 87.2 Å². The number of pyridine rings is 4. The van der Waals surface area contributed by atoms with Gasteiger partial charge in [0.25, 0.3) is 22.9 Å². The number of rotatable bonds is 7. The second-order valence-electron chi connectivity index (χ2n) is 13.2. The van der Waals surface area contributed by atoms with Gasteiger partial charge in [-0.05, 0) is 80.0 Å². The molecule has 264 valence electrons. The van der Waals surface area contributed by atoms with Crippen molar-refractivity contribution in [1.29, 1.82) is 0 Å². The second kappa shape index (κ2) is 15.0. The molecule has 1 saturated heterocycles. The lowest BCUT2D eigenvalue weighted by Gasteiger charge is -2.32. The Balaban J connectivity index is 0.000000237. The standard InChI is InChI=1S/C20H27BN4O4.C14H15BrN4O2/c1-19(2)20(3,4)29-21(28-19)14-10-15(18(27)25(7)12-14)23-16-9-8-13(11-22-16)17(26)24(5)6;1-18(2)13(20)9-4-5-12(16-7-9)17-11-6-10(15)8-19(3)14(11)21/h8-12H,1-7H3,(H,22,23);4-8H,1-3H3,(H,16,17). The van der Waals surface area contributed by atoms with E-state index < -0.39 is 18.3 Å². The number of carbonyl (C=O) groups excluding carboxylic acids is 2. The summed E-state index contributed by atoms with van der Waals surface area (Å²) in [5.41, 5.74) is 1.13. The van der Waals surface area contributed by atoms with Gasteiger partial charge in [-0.1, -0.05) is 0 Å². The van der Waals surface area contributed by atoms with Crippen molar-refractivity contribution in [3.05, 3.63) is 97.5 Å². The van der Waals surface area contributed by atoms with E-state index in [4.69, 9.17) is 9.31 Å². The smallest absolute Gasteiger partial charge is 0.399 e. The lowest BCUT2D eigenvalue weighted by molar-refractivity contribution is 0.00578. The van der Waals surface area contributed by atoms with Crippen LogP contribution in [0.1, 0.15) is 48.4 Å². The van der Waals surface area contributed by atoms with Gasteiger partial charge in [0.05, 0.1) is 22.3 Å². The minimum Gasteiger partial charge on any atom is -0.399 e. The molecule has 0 atom stereocenters. The first-order valence-electron chi connectivity index (χ1n) is 15.6. The van der Waals surface area contributed by atoms with Crippen LogP contribution in [0, 0.1) is 0 Å². The van der Waals surface area contributed by atoms with Gasteiger partial charge in [-0.2, -0.15) is 0 Å². The zero-order valence-corrected chi connectivity index (χ0v) is 31.4. The third-order valence-corrected chi connectivity index (χ3v) is 8.67. The highest BCUT2D eigenvalue weighted by Crippen LogP contribution is 2.36. The fraction of sp³-hybridized carbons (Fsp3) is 0.353. The maximum Gasteiger partial charge on any atom is 0.496 e. The summed E-state index contributed by atoms with van der Waals surface area (Å²) in [6, 6.07) is 10.1. The highest BCUT2D eigenvalue weighted by Gasteiger charge is 2.52. The van der Waals surface area contributed by atoms with Gasteiger partial charge < -0.3 is 38.9 Å². The maximum absolute atomic E-state index is 12.6. The molecule has 1 fully saturated rings. The molecule has 0 aromatic carbocycles. The Morgan fingerprint density at radius 2 is 1.16 bits per heavy atom. The van der Waals surface area contributed by atoms with E-state index in [1.165, 1.54) is 31.3 Å². The zero-order chi connectivity index (χ0) is 37.1. The molecule has 5 heterocycles. The Bertz CT molecular complexity index is 1980. The molecule has 0 unspecified atom stereocenters. The molecule has 1 aliphatic heterocycles. The van der Waals surface area contributed by atoms with Crippen LogP contribution >= 0.6 is 15.9 Å². The number of aryl methyl sites for hydroxylation is 2. The second-order valence-corrected chi connectivity index (χ2v) is 14.1. The third kappa shape index (κ3) is 8.67. The molecular formula is C34H42BBrN8O6. The Labute approximate surface area is 299 Å². The topological polar surface area (TPSA) is 153 Å². The Hall–Kier alpha value is -4.80. The predicted octanol–water partition coefficient (Wildman–Crippen LogP) is 3.51. The van der Waals surface area contributed by atoms with Gasteiger partial charge in [0.1, 0.15) is 23.0 Å². The molecule has 0 spiro atoms. The minimum atomic E-state index is -0.583. The van der Waals surface area contributed by atoms with Crippen LogP contribution in [0.15, 0.2) is 75.2 Å². The van der Waals surface area contributed by atoms with Crippen LogP contribution in [0.2, 0.25) is 0 Å². The number of anilines is 4. The first-order chi connectivity index (χ1) is 23.3.